The molecule has 2 nitrogen and oxygen atoms in total. The van der Waals surface area contributed by atoms with E-state index in [4.69, 9.17) is 4.74 Å². The Hall–Kier alpha value is -2.06. The quantitative estimate of drug-likeness (QED) is 0.748. The van der Waals surface area contributed by atoms with Crippen LogP contribution in [0.1, 0.15) is 43.7 Å². The van der Waals surface area contributed by atoms with Gasteiger partial charge in [0.05, 0.1) is 0 Å². The van der Waals surface area contributed by atoms with E-state index in [1.54, 1.807) is 0 Å². The second-order valence-corrected chi connectivity index (χ2v) is 9.71. The molecule has 1 saturated heterocycles. The predicted molar refractivity (Wildman–Crippen MR) is 117 cm³/mol. The Bertz CT molecular complexity index is 951. The maximum atomic E-state index is 6.76. The monoisotopic (exact) mass is 385 g/mol. The highest BCUT2D eigenvalue weighted by molar-refractivity contribution is 5.47. The van der Waals surface area contributed by atoms with Gasteiger partial charge in [0, 0.05) is 12.0 Å². The van der Waals surface area contributed by atoms with Crippen LogP contribution in [0.4, 0.5) is 0 Å². The van der Waals surface area contributed by atoms with Gasteiger partial charge in [0.25, 0.3) is 0 Å². The summed E-state index contributed by atoms with van der Waals surface area (Å²) in [4.78, 5) is 0. The Balaban J connectivity index is 1.54. The van der Waals surface area contributed by atoms with Crippen LogP contribution in [0, 0.1) is 17.3 Å². The van der Waals surface area contributed by atoms with E-state index in [2.05, 4.69) is 66.9 Å². The van der Waals surface area contributed by atoms with Crippen molar-refractivity contribution in [3.63, 3.8) is 0 Å². The second kappa shape index (κ2) is 6.74. The van der Waals surface area contributed by atoms with Crippen LogP contribution in [0.5, 0.6) is 0 Å². The molecular weight excluding hydrogens is 354 g/mol. The van der Waals surface area contributed by atoms with Crippen molar-refractivity contribution in [2.75, 3.05) is 6.54 Å². The molecular formula is C27H31NO. The average molecular weight is 386 g/mol. The fourth-order valence-corrected chi connectivity index (χ4v) is 7.08. The van der Waals surface area contributed by atoms with Crippen LogP contribution < -0.4 is 5.32 Å². The van der Waals surface area contributed by atoms with Crippen molar-refractivity contribution < 1.29 is 4.74 Å². The number of piperidine rings is 1. The number of nitrogens with one attached hydrogen (secondary N) is 1. The molecule has 2 aliphatic heterocycles. The molecule has 0 saturated carbocycles. The fourth-order valence-electron chi connectivity index (χ4n) is 7.08. The summed E-state index contributed by atoms with van der Waals surface area (Å²) < 4.78 is 6.76. The third kappa shape index (κ3) is 2.72. The molecule has 5 atom stereocenters. The second-order valence-electron chi connectivity index (χ2n) is 9.71. The molecule has 6 rings (SSSR count). The van der Waals surface area contributed by atoms with E-state index in [0.29, 0.717) is 23.3 Å². The van der Waals surface area contributed by atoms with E-state index in [-0.39, 0.29) is 6.10 Å². The van der Waals surface area contributed by atoms with Crippen LogP contribution in [0.2, 0.25) is 0 Å². The van der Waals surface area contributed by atoms with E-state index in [9.17, 15) is 0 Å². The third-order valence-electron chi connectivity index (χ3n) is 8.15. The summed E-state index contributed by atoms with van der Waals surface area (Å²) in [5.74, 6) is 2.52. The van der Waals surface area contributed by atoms with Gasteiger partial charge in [-0.05, 0) is 84.4 Å². The Labute approximate surface area is 174 Å². The first kappa shape index (κ1) is 17.8. The average Bonchev–Trinajstić information content (AvgIpc) is 2.74. The van der Waals surface area contributed by atoms with E-state index in [0.717, 1.165) is 19.4 Å². The molecule has 1 fully saturated rings. The molecule has 1 aromatic rings. The lowest BCUT2D eigenvalue weighted by molar-refractivity contribution is -0.0222. The molecule has 1 N–H and O–H groups in total. The van der Waals surface area contributed by atoms with Gasteiger partial charge in [-0.3, -0.25) is 0 Å². The molecule has 0 spiro atoms. The number of benzene rings is 1. The SMILES string of the molecule is CCC[C@]12CC3=C(OC4C=CC=CC4=C3)[C@@H]3Cc4cccc(c4)CC1NCCC32. The van der Waals surface area contributed by atoms with Crippen molar-refractivity contribution in [2.45, 2.75) is 57.6 Å². The Kier molecular flexibility index (Phi) is 4.13. The van der Waals surface area contributed by atoms with Gasteiger partial charge in [-0.25, -0.2) is 0 Å². The van der Waals surface area contributed by atoms with Gasteiger partial charge in [-0.15, -0.1) is 0 Å². The molecule has 1 aromatic carbocycles. The first-order valence-corrected chi connectivity index (χ1v) is 11.5. The molecule has 5 aliphatic rings. The minimum Gasteiger partial charge on any atom is -0.485 e. The number of allylic oxidation sites excluding steroid dienone is 5. The van der Waals surface area contributed by atoms with E-state index < -0.39 is 0 Å². The minimum absolute atomic E-state index is 0.105. The summed E-state index contributed by atoms with van der Waals surface area (Å²) in [6.45, 7) is 3.51. The van der Waals surface area contributed by atoms with Gasteiger partial charge in [-0.2, -0.15) is 0 Å². The summed E-state index contributed by atoms with van der Waals surface area (Å²) in [5, 5.41) is 3.98. The molecule has 2 heterocycles. The zero-order chi connectivity index (χ0) is 19.4. The zero-order valence-electron chi connectivity index (χ0n) is 17.4. The predicted octanol–water partition coefficient (Wildman–Crippen LogP) is 5.28. The molecule has 3 unspecified atom stereocenters. The highest BCUT2D eigenvalue weighted by atomic mass is 16.5. The highest BCUT2D eigenvalue weighted by Gasteiger charge is 2.55. The molecule has 150 valence electrons. The van der Waals surface area contributed by atoms with Crippen molar-refractivity contribution in [3.05, 3.63) is 82.7 Å². The summed E-state index contributed by atoms with van der Waals surface area (Å²) in [5.41, 5.74) is 6.13. The zero-order valence-corrected chi connectivity index (χ0v) is 17.4. The molecule has 2 heteroatoms. The van der Waals surface area contributed by atoms with Crippen LogP contribution in [0.3, 0.4) is 0 Å². The summed E-state index contributed by atoms with van der Waals surface area (Å²) in [7, 11) is 0. The smallest absolute Gasteiger partial charge is 0.142 e. The highest BCUT2D eigenvalue weighted by Crippen LogP contribution is 2.58. The molecule has 0 aromatic heterocycles. The summed E-state index contributed by atoms with van der Waals surface area (Å²) in [6.07, 6.45) is 18.6. The lowest BCUT2D eigenvalue weighted by atomic mass is 9.53. The van der Waals surface area contributed by atoms with Crippen LogP contribution in [0.15, 0.2) is 71.6 Å². The van der Waals surface area contributed by atoms with Crippen LogP contribution in [-0.2, 0) is 17.6 Å². The topological polar surface area (TPSA) is 21.3 Å². The van der Waals surface area contributed by atoms with Crippen molar-refractivity contribution >= 4 is 0 Å². The van der Waals surface area contributed by atoms with Gasteiger partial charge >= 0.3 is 0 Å². The van der Waals surface area contributed by atoms with Crippen LogP contribution >= 0.6 is 0 Å². The van der Waals surface area contributed by atoms with E-state index in [1.165, 1.54) is 53.7 Å². The van der Waals surface area contributed by atoms with Crippen molar-refractivity contribution in [1.82, 2.24) is 5.32 Å². The number of fused-ring (bicyclic) bond motifs is 4. The molecule has 0 radical (unpaired) electrons. The number of ether oxygens (including phenoxy) is 1. The van der Waals surface area contributed by atoms with Gasteiger partial charge in [-0.1, -0.05) is 55.8 Å². The Morgan fingerprint density at radius 3 is 2.97 bits per heavy atom. The van der Waals surface area contributed by atoms with Crippen molar-refractivity contribution in [3.8, 4) is 0 Å². The normalized spacial score (nSPS) is 36.8. The Morgan fingerprint density at radius 1 is 1.17 bits per heavy atom. The Morgan fingerprint density at radius 2 is 2.07 bits per heavy atom. The minimum atomic E-state index is 0.105. The van der Waals surface area contributed by atoms with Gasteiger partial charge < -0.3 is 10.1 Å². The maximum Gasteiger partial charge on any atom is 0.142 e. The molecule has 0 amide bonds. The van der Waals surface area contributed by atoms with Gasteiger partial charge in [0.2, 0.25) is 0 Å². The van der Waals surface area contributed by atoms with Gasteiger partial charge in [0.15, 0.2) is 0 Å². The molecule has 6 bridgehead atoms. The van der Waals surface area contributed by atoms with Gasteiger partial charge in [0.1, 0.15) is 11.9 Å². The first-order chi connectivity index (χ1) is 14.3. The molecule has 29 heavy (non-hydrogen) atoms. The lowest BCUT2D eigenvalue weighted by Gasteiger charge is -2.57. The van der Waals surface area contributed by atoms with Crippen molar-refractivity contribution in [2.24, 2.45) is 17.3 Å². The van der Waals surface area contributed by atoms with E-state index >= 15 is 0 Å². The number of hydrogen-bond acceptors (Lipinski definition) is 2. The first-order valence-electron chi connectivity index (χ1n) is 11.5. The fraction of sp³-hybridized carbons (Fsp3) is 0.481. The van der Waals surface area contributed by atoms with Crippen LogP contribution in [-0.4, -0.2) is 18.7 Å². The third-order valence-corrected chi connectivity index (χ3v) is 8.15. The summed E-state index contributed by atoms with van der Waals surface area (Å²) >= 11 is 0. The van der Waals surface area contributed by atoms with Crippen molar-refractivity contribution in [1.29, 1.82) is 0 Å². The number of rotatable bonds is 2. The van der Waals surface area contributed by atoms with E-state index in [1.807, 2.05) is 0 Å². The largest absolute Gasteiger partial charge is 0.485 e. The maximum absolute atomic E-state index is 6.76. The summed E-state index contributed by atoms with van der Waals surface area (Å²) in [6, 6.07) is 9.95. The molecule has 3 aliphatic carbocycles. The number of hydrogen-bond donors (Lipinski definition) is 1. The standard InChI is InChI=1S/C27H31NO/c1-2-11-27-17-21-16-20-8-3-4-9-24(20)29-26(21)22-14-18-6-5-7-19(13-18)15-25(27)28-12-10-23(22)27/h3-9,13,16,22-25,28H,2,10-12,14-15,17H2,1H3/t22-,23?,24?,25?,27-/m1/s1. The lowest BCUT2D eigenvalue weighted by Crippen LogP contribution is -2.59. The van der Waals surface area contributed by atoms with Crippen LogP contribution in [0.25, 0.3) is 0 Å².